The summed E-state index contributed by atoms with van der Waals surface area (Å²) in [6, 6.07) is 6.59. The number of nitrogens with zero attached hydrogens (tertiary/aromatic N) is 4. The zero-order valence-electron chi connectivity index (χ0n) is 12.3. The number of anilines is 2. The highest BCUT2D eigenvalue weighted by molar-refractivity contribution is 7.18. The molecule has 0 fully saturated rings. The zero-order valence-corrected chi connectivity index (χ0v) is 13.2. The summed E-state index contributed by atoms with van der Waals surface area (Å²) in [5.74, 6) is 0.0636. The Hall–Kier alpha value is -3.07. The summed E-state index contributed by atoms with van der Waals surface area (Å²) in [4.78, 5) is 24.3. The summed E-state index contributed by atoms with van der Waals surface area (Å²) >= 11 is 1.34. The molecule has 3 aromatic rings. The number of nitro benzene ring substituents is 1. The molecule has 1 unspecified atom stereocenters. The molecule has 4 N–H and O–H groups in total. The van der Waals surface area contributed by atoms with Gasteiger partial charge in [-0.3, -0.25) is 10.1 Å². The predicted octanol–water partition coefficient (Wildman–Crippen LogP) is 2.36. The van der Waals surface area contributed by atoms with Crippen LogP contribution in [0.25, 0.3) is 10.6 Å². The van der Waals surface area contributed by atoms with Crippen LogP contribution < -0.4 is 11.5 Å². The molecule has 0 saturated carbocycles. The Bertz CT molecular complexity index is 970. The molecule has 1 aliphatic rings. The number of non-ortho nitro benzene ring substituents is 1. The van der Waals surface area contributed by atoms with Crippen LogP contribution in [-0.4, -0.2) is 19.9 Å². The van der Waals surface area contributed by atoms with Crippen LogP contribution in [0.15, 0.2) is 30.5 Å². The summed E-state index contributed by atoms with van der Waals surface area (Å²) in [5, 5.41) is 11.5. The fourth-order valence-corrected chi connectivity index (χ4v) is 3.89. The maximum absolute atomic E-state index is 11.1. The van der Waals surface area contributed by atoms with E-state index in [-0.39, 0.29) is 17.6 Å². The summed E-state index contributed by atoms with van der Waals surface area (Å²) in [6.45, 7) is 0. The number of nitrogen functional groups attached to an aromatic ring is 2. The second kappa shape index (κ2) is 5.24. The number of hydrogen-bond acceptors (Lipinski definition) is 8. The Morgan fingerprint density at radius 1 is 1.29 bits per heavy atom. The van der Waals surface area contributed by atoms with Crippen LogP contribution in [0.1, 0.15) is 22.7 Å². The van der Waals surface area contributed by atoms with Gasteiger partial charge in [-0.15, -0.1) is 0 Å². The molecule has 0 spiro atoms. The van der Waals surface area contributed by atoms with E-state index in [4.69, 9.17) is 11.5 Å². The van der Waals surface area contributed by atoms with Crippen molar-refractivity contribution in [2.24, 2.45) is 0 Å². The molecule has 2 heterocycles. The minimum absolute atomic E-state index is 0.0524. The van der Waals surface area contributed by atoms with Crippen LogP contribution in [0.4, 0.5) is 16.8 Å². The first kappa shape index (κ1) is 14.5. The monoisotopic (exact) mass is 340 g/mol. The molecule has 1 atom stereocenters. The smallest absolute Gasteiger partial charge is 0.269 e. The number of fused-ring (bicyclic) bond motifs is 3. The third kappa shape index (κ3) is 2.26. The number of nitrogens with two attached hydrogens (primary N) is 2. The van der Waals surface area contributed by atoms with Gasteiger partial charge in [-0.1, -0.05) is 23.5 Å². The lowest BCUT2D eigenvalue weighted by Crippen LogP contribution is -2.14. The Labute approximate surface area is 140 Å². The molecule has 120 valence electrons. The number of rotatable bonds is 2. The molecular weight excluding hydrogens is 328 g/mol. The van der Waals surface area contributed by atoms with Crippen LogP contribution in [-0.2, 0) is 6.42 Å². The predicted molar refractivity (Wildman–Crippen MR) is 90.6 cm³/mol. The largest absolute Gasteiger partial charge is 0.375 e. The summed E-state index contributed by atoms with van der Waals surface area (Å²) in [6.07, 6.45) is 2.29. The van der Waals surface area contributed by atoms with Crippen LogP contribution in [0, 0.1) is 10.1 Å². The highest BCUT2D eigenvalue weighted by Crippen LogP contribution is 2.45. The van der Waals surface area contributed by atoms with E-state index in [9.17, 15) is 10.1 Å². The van der Waals surface area contributed by atoms with Crippen LogP contribution in [0.3, 0.4) is 0 Å². The van der Waals surface area contributed by atoms with Gasteiger partial charge in [-0.05, 0) is 17.5 Å². The molecule has 4 rings (SSSR count). The first-order valence-electron chi connectivity index (χ1n) is 7.15. The lowest BCUT2D eigenvalue weighted by atomic mass is 9.84. The van der Waals surface area contributed by atoms with Crippen LogP contribution in [0.5, 0.6) is 0 Å². The average Bonchev–Trinajstić information content (AvgIpc) is 2.96. The topological polar surface area (TPSA) is 134 Å². The summed E-state index contributed by atoms with van der Waals surface area (Å²) in [7, 11) is 0. The molecule has 1 aliphatic carbocycles. The van der Waals surface area contributed by atoms with Crippen molar-refractivity contribution in [2.45, 2.75) is 12.3 Å². The van der Waals surface area contributed by atoms with Gasteiger partial charge in [0.1, 0.15) is 0 Å². The second-order valence-corrected chi connectivity index (χ2v) is 6.51. The van der Waals surface area contributed by atoms with Crippen molar-refractivity contribution < 1.29 is 4.92 Å². The van der Waals surface area contributed by atoms with Crippen molar-refractivity contribution in [1.82, 2.24) is 15.0 Å². The molecule has 1 aromatic carbocycles. The second-order valence-electron chi connectivity index (χ2n) is 5.48. The number of hydrogen-bond donors (Lipinski definition) is 2. The third-order valence-corrected chi connectivity index (χ3v) is 4.91. The highest BCUT2D eigenvalue weighted by atomic mass is 32.1. The highest BCUT2D eigenvalue weighted by Gasteiger charge is 2.31. The van der Waals surface area contributed by atoms with E-state index in [0.717, 1.165) is 27.4 Å². The zero-order chi connectivity index (χ0) is 16.8. The molecule has 0 radical (unpaired) electrons. The van der Waals surface area contributed by atoms with Gasteiger partial charge < -0.3 is 11.5 Å². The molecule has 9 heteroatoms. The van der Waals surface area contributed by atoms with E-state index >= 15 is 0 Å². The Kier molecular flexibility index (Phi) is 3.17. The lowest BCUT2D eigenvalue weighted by Gasteiger charge is -2.23. The fraction of sp³-hybridized carbons (Fsp3) is 0.133. The Morgan fingerprint density at radius 3 is 2.92 bits per heavy atom. The standard InChI is InChI=1S/C15H12N6O2S/c16-14-18-6-8-5-10(7-2-1-3-9(4-7)21(22)23)12-13(11(8)19-14)24-15(17)20-12/h1-4,6,10H,5H2,(H2,17,20)(H2,16,18,19). The van der Waals surface area contributed by atoms with E-state index in [1.165, 1.54) is 17.4 Å². The molecular formula is C15H12N6O2S. The van der Waals surface area contributed by atoms with Crippen LogP contribution >= 0.6 is 11.3 Å². The van der Waals surface area contributed by atoms with Crippen molar-refractivity contribution >= 4 is 28.1 Å². The van der Waals surface area contributed by atoms with Crippen molar-refractivity contribution in [3.05, 3.63) is 57.4 Å². The van der Waals surface area contributed by atoms with Crippen molar-refractivity contribution in [1.29, 1.82) is 0 Å². The summed E-state index contributed by atoms with van der Waals surface area (Å²) in [5.41, 5.74) is 14.9. The fourth-order valence-electron chi connectivity index (χ4n) is 2.97. The first-order chi connectivity index (χ1) is 11.5. The quantitative estimate of drug-likeness (QED) is 0.540. The molecule has 24 heavy (non-hydrogen) atoms. The van der Waals surface area contributed by atoms with E-state index in [1.807, 2.05) is 6.07 Å². The molecule has 0 bridgehead atoms. The number of benzene rings is 1. The van der Waals surface area contributed by atoms with Gasteiger partial charge in [-0.25, -0.2) is 15.0 Å². The number of thiazole rings is 1. The minimum atomic E-state index is -0.402. The maximum atomic E-state index is 11.1. The maximum Gasteiger partial charge on any atom is 0.269 e. The van der Waals surface area contributed by atoms with Gasteiger partial charge in [0, 0.05) is 24.2 Å². The van der Waals surface area contributed by atoms with E-state index in [1.54, 1.807) is 18.3 Å². The van der Waals surface area contributed by atoms with E-state index in [2.05, 4.69) is 15.0 Å². The molecule has 2 aromatic heterocycles. The molecule has 0 saturated heterocycles. The van der Waals surface area contributed by atoms with Crippen molar-refractivity contribution in [3.63, 3.8) is 0 Å². The van der Waals surface area contributed by atoms with Crippen molar-refractivity contribution in [3.8, 4) is 10.6 Å². The molecule has 8 nitrogen and oxygen atoms in total. The van der Waals surface area contributed by atoms with Gasteiger partial charge in [0.2, 0.25) is 5.95 Å². The van der Waals surface area contributed by atoms with E-state index < -0.39 is 4.92 Å². The van der Waals surface area contributed by atoms with Gasteiger partial charge in [-0.2, -0.15) is 0 Å². The normalized spacial score (nSPS) is 15.6. The molecule has 0 aliphatic heterocycles. The third-order valence-electron chi connectivity index (χ3n) is 4.01. The number of aromatic nitrogens is 3. The average molecular weight is 340 g/mol. The van der Waals surface area contributed by atoms with Gasteiger partial charge in [0.15, 0.2) is 5.13 Å². The Morgan fingerprint density at radius 2 is 2.12 bits per heavy atom. The van der Waals surface area contributed by atoms with Crippen molar-refractivity contribution in [2.75, 3.05) is 11.5 Å². The molecule has 0 amide bonds. The first-order valence-corrected chi connectivity index (χ1v) is 7.97. The van der Waals surface area contributed by atoms with Gasteiger partial charge in [0.05, 0.1) is 21.2 Å². The lowest BCUT2D eigenvalue weighted by molar-refractivity contribution is -0.384. The van der Waals surface area contributed by atoms with E-state index in [0.29, 0.717) is 11.6 Å². The minimum Gasteiger partial charge on any atom is -0.375 e. The van der Waals surface area contributed by atoms with Gasteiger partial charge in [0.25, 0.3) is 5.69 Å². The van der Waals surface area contributed by atoms with Gasteiger partial charge >= 0.3 is 0 Å². The SMILES string of the molecule is Nc1ncc2c(n1)-c1sc(N)nc1C(c1cccc([N+](=O)[O-])c1)C2. The summed E-state index contributed by atoms with van der Waals surface area (Å²) < 4.78 is 0. The Balaban J connectivity index is 1.88. The van der Waals surface area contributed by atoms with Crippen LogP contribution in [0.2, 0.25) is 0 Å². The number of nitro groups is 1.